The highest BCUT2D eigenvalue weighted by Crippen LogP contribution is 2.46. The van der Waals surface area contributed by atoms with E-state index >= 15 is 0 Å². The van der Waals surface area contributed by atoms with E-state index in [2.05, 4.69) is 123 Å². The Kier molecular flexibility index (Phi) is 15.0. The highest BCUT2D eigenvalue weighted by atomic mass is 16.5. The van der Waals surface area contributed by atoms with E-state index in [1.165, 1.54) is 38.9 Å². The largest absolute Gasteiger partial charge is 0.390 e. The number of ether oxygens (including phenoxy) is 1. The van der Waals surface area contributed by atoms with Gasteiger partial charge in [0.25, 0.3) is 0 Å². The molecule has 1 aliphatic carbocycles. The van der Waals surface area contributed by atoms with E-state index in [0.29, 0.717) is 22.3 Å². The SMILES string of the molecule is CC(C)(C)CC(C)(O)CC(C)(C)C.CC(C)(C)CN1CCC(C(C)(C)C)C1.CC(C)OCC1CC1CC(C)(C)C. The zero-order valence-corrected chi connectivity index (χ0v) is 31.0. The average molecular weight is 568 g/mol. The van der Waals surface area contributed by atoms with Crippen LogP contribution >= 0.6 is 0 Å². The molecule has 1 saturated carbocycles. The number of hydrogen-bond donors (Lipinski definition) is 1. The second-order valence-corrected chi connectivity index (χ2v) is 20.0. The van der Waals surface area contributed by atoms with E-state index in [1.54, 1.807) is 0 Å². The molecule has 2 aliphatic rings. The molecule has 0 radical (unpaired) electrons. The standard InChI is InChI=1S/C13H27N.C12H24O.C12H26O/c1-12(2,3)10-14-8-7-11(9-14)13(4,5)6;1-9(2)13-8-11-6-10(11)7-12(3,4)5;1-10(2,3)8-12(7,13)9-11(4,5)6/h11H,7-10H2,1-6H3;9-11H,6-8H2,1-5H3;13H,8-9H2,1-7H3. The Labute approximate surface area is 254 Å². The van der Waals surface area contributed by atoms with Gasteiger partial charge in [-0.2, -0.15) is 0 Å². The minimum Gasteiger partial charge on any atom is -0.390 e. The van der Waals surface area contributed by atoms with Crippen LogP contribution < -0.4 is 0 Å². The third-order valence-electron chi connectivity index (χ3n) is 7.60. The molecule has 40 heavy (non-hydrogen) atoms. The van der Waals surface area contributed by atoms with Crippen molar-refractivity contribution < 1.29 is 9.84 Å². The molecule has 1 saturated heterocycles. The third kappa shape index (κ3) is 22.5. The number of aliphatic hydroxyl groups is 1. The molecular weight excluding hydrogens is 490 g/mol. The van der Waals surface area contributed by atoms with E-state index in [0.717, 1.165) is 37.2 Å². The Balaban J connectivity index is 0.000000571. The van der Waals surface area contributed by atoms with E-state index in [1.807, 2.05) is 6.92 Å². The second-order valence-electron chi connectivity index (χ2n) is 20.0. The first kappa shape index (κ1) is 39.9. The van der Waals surface area contributed by atoms with Crippen molar-refractivity contribution in [3.05, 3.63) is 0 Å². The van der Waals surface area contributed by atoms with Crippen LogP contribution in [0.15, 0.2) is 0 Å². The Morgan fingerprint density at radius 2 is 1.18 bits per heavy atom. The molecule has 0 bridgehead atoms. The zero-order valence-electron chi connectivity index (χ0n) is 31.0. The highest BCUT2D eigenvalue weighted by molar-refractivity contribution is 4.89. The lowest BCUT2D eigenvalue weighted by Gasteiger charge is -2.35. The minimum atomic E-state index is -0.531. The van der Waals surface area contributed by atoms with Crippen molar-refractivity contribution in [1.29, 1.82) is 0 Å². The van der Waals surface area contributed by atoms with Gasteiger partial charge in [-0.15, -0.1) is 0 Å². The summed E-state index contributed by atoms with van der Waals surface area (Å²) in [6, 6.07) is 0. The van der Waals surface area contributed by atoms with Crippen LogP contribution in [0.2, 0.25) is 0 Å². The smallest absolute Gasteiger partial charge is 0.0629 e. The Morgan fingerprint density at radius 1 is 0.700 bits per heavy atom. The van der Waals surface area contributed by atoms with Crippen molar-refractivity contribution in [2.45, 2.75) is 168 Å². The van der Waals surface area contributed by atoms with Gasteiger partial charge in [0.1, 0.15) is 0 Å². The van der Waals surface area contributed by atoms with Crippen molar-refractivity contribution >= 4 is 0 Å². The summed E-state index contributed by atoms with van der Waals surface area (Å²) in [4.78, 5) is 2.63. The molecule has 0 aromatic carbocycles. The number of likely N-dealkylation sites (tertiary alicyclic amines) is 1. The normalized spacial score (nSPS) is 22.9. The van der Waals surface area contributed by atoms with Crippen molar-refractivity contribution in [3.63, 3.8) is 0 Å². The fourth-order valence-electron chi connectivity index (χ4n) is 6.57. The summed E-state index contributed by atoms with van der Waals surface area (Å²) in [5.74, 6) is 2.70. The summed E-state index contributed by atoms with van der Waals surface area (Å²) in [5.41, 5.74) is 1.32. The molecule has 2 fully saturated rings. The van der Waals surface area contributed by atoms with Crippen molar-refractivity contribution in [2.24, 2.45) is 44.8 Å². The van der Waals surface area contributed by atoms with Gasteiger partial charge >= 0.3 is 0 Å². The second kappa shape index (κ2) is 15.1. The van der Waals surface area contributed by atoms with Crippen molar-refractivity contribution in [1.82, 2.24) is 4.90 Å². The van der Waals surface area contributed by atoms with Gasteiger partial charge in [0.15, 0.2) is 0 Å². The molecular formula is C37H77NO2. The molecule has 0 aromatic heterocycles. The Bertz CT molecular complexity index is 670. The molecule has 1 aliphatic heterocycles. The van der Waals surface area contributed by atoms with Crippen LogP contribution in [0.5, 0.6) is 0 Å². The maximum atomic E-state index is 10.2. The zero-order chi connectivity index (χ0) is 32.0. The summed E-state index contributed by atoms with van der Waals surface area (Å²) in [7, 11) is 0. The van der Waals surface area contributed by atoms with Crippen LogP contribution in [0.4, 0.5) is 0 Å². The van der Waals surface area contributed by atoms with Crippen molar-refractivity contribution in [3.8, 4) is 0 Å². The first-order valence-electron chi connectivity index (χ1n) is 16.5. The predicted octanol–water partition coefficient (Wildman–Crippen LogP) is 10.5. The van der Waals surface area contributed by atoms with Crippen LogP contribution in [-0.4, -0.2) is 48.0 Å². The molecule has 0 spiro atoms. The van der Waals surface area contributed by atoms with Crippen LogP contribution in [0, 0.1) is 44.8 Å². The topological polar surface area (TPSA) is 32.7 Å². The Hall–Kier alpha value is -0.120. The Morgan fingerprint density at radius 3 is 1.50 bits per heavy atom. The van der Waals surface area contributed by atoms with Gasteiger partial charge in [0, 0.05) is 13.1 Å². The fourth-order valence-corrected chi connectivity index (χ4v) is 6.57. The van der Waals surface area contributed by atoms with E-state index in [-0.39, 0.29) is 10.8 Å². The summed E-state index contributed by atoms with van der Waals surface area (Å²) >= 11 is 0. The molecule has 1 heterocycles. The summed E-state index contributed by atoms with van der Waals surface area (Å²) < 4.78 is 5.61. The van der Waals surface area contributed by atoms with Crippen LogP contribution in [0.3, 0.4) is 0 Å². The number of hydrogen-bond acceptors (Lipinski definition) is 3. The molecule has 3 nitrogen and oxygen atoms in total. The first-order chi connectivity index (χ1) is 17.5. The third-order valence-corrected chi connectivity index (χ3v) is 7.60. The molecule has 1 N–H and O–H groups in total. The quantitative estimate of drug-likeness (QED) is 0.332. The molecule has 242 valence electrons. The lowest BCUT2D eigenvalue weighted by molar-refractivity contribution is -0.0143. The molecule has 0 amide bonds. The summed E-state index contributed by atoms with van der Waals surface area (Å²) in [5, 5.41) is 10.2. The monoisotopic (exact) mass is 568 g/mol. The predicted molar refractivity (Wildman–Crippen MR) is 179 cm³/mol. The van der Waals surface area contributed by atoms with Crippen molar-refractivity contribution in [2.75, 3.05) is 26.2 Å². The van der Waals surface area contributed by atoms with Crippen LogP contribution in [-0.2, 0) is 4.74 Å². The van der Waals surface area contributed by atoms with E-state index in [9.17, 15) is 5.11 Å². The molecule has 3 unspecified atom stereocenters. The van der Waals surface area contributed by atoms with Gasteiger partial charge in [-0.05, 0) is 104 Å². The fraction of sp³-hybridized carbons (Fsp3) is 1.00. The van der Waals surface area contributed by atoms with Gasteiger partial charge in [-0.1, -0.05) is 104 Å². The van der Waals surface area contributed by atoms with Gasteiger partial charge in [0.2, 0.25) is 0 Å². The van der Waals surface area contributed by atoms with Gasteiger partial charge in [-0.3, -0.25) is 0 Å². The summed E-state index contributed by atoms with van der Waals surface area (Å²) in [6.07, 6.45) is 6.26. The maximum absolute atomic E-state index is 10.2. The van der Waals surface area contributed by atoms with Gasteiger partial charge < -0.3 is 14.7 Å². The van der Waals surface area contributed by atoms with Crippen LogP contribution in [0.25, 0.3) is 0 Å². The molecule has 0 aromatic rings. The van der Waals surface area contributed by atoms with Crippen LogP contribution in [0.1, 0.15) is 157 Å². The number of rotatable bonds is 7. The maximum Gasteiger partial charge on any atom is 0.0629 e. The van der Waals surface area contributed by atoms with Gasteiger partial charge in [0.05, 0.1) is 18.3 Å². The molecule has 3 atom stereocenters. The summed E-state index contributed by atoms with van der Waals surface area (Å²) in [6.45, 7) is 45.1. The highest BCUT2D eigenvalue weighted by Gasteiger charge is 2.39. The lowest BCUT2D eigenvalue weighted by atomic mass is 9.75. The minimum absolute atomic E-state index is 0.203. The molecule has 2 rings (SSSR count). The van der Waals surface area contributed by atoms with Gasteiger partial charge in [-0.25, -0.2) is 0 Å². The average Bonchev–Trinajstić information content (AvgIpc) is 3.14. The molecule has 3 heteroatoms. The lowest BCUT2D eigenvalue weighted by Crippen LogP contribution is -2.34. The van der Waals surface area contributed by atoms with E-state index in [4.69, 9.17) is 4.74 Å². The van der Waals surface area contributed by atoms with E-state index < -0.39 is 5.60 Å². The first-order valence-corrected chi connectivity index (χ1v) is 16.5. The number of nitrogens with zero attached hydrogens (tertiary/aromatic N) is 1.